The Labute approximate surface area is 141 Å². The van der Waals surface area contributed by atoms with Crippen LogP contribution in [0.5, 0.6) is 0 Å². The number of hydrogen-bond donors (Lipinski definition) is 1. The van der Waals surface area contributed by atoms with Crippen molar-refractivity contribution in [2.75, 3.05) is 26.2 Å². The Balaban J connectivity index is 1.66. The van der Waals surface area contributed by atoms with Gasteiger partial charge in [0.1, 0.15) is 0 Å². The van der Waals surface area contributed by atoms with Crippen LogP contribution in [0.15, 0.2) is 27.0 Å². The molecular weight excluding hydrogens is 405 g/mol. The number of piperidine rings is 1. The maximum atomic E-state index is 9.37. The van der Waals surface area contributed by atoms with Gasteiger partial charge in [0, 0.05) is 0 Å². The molecule has 118 valence electrons. The fraction of sp³-hybridized carbons (Fsp3) is 0.571. The van der Waals surface area contributed by atoms with Crippen molar-refractivity contribution < 1.29 is 34.5 Å². The van der Waals surface area contributed by atoms with Crippen LogP contribution in [0.25, 0.3) is 0 Å². The molecule has 1 fully saturated rings. The van der Waals surface area contributed by atoms with Gasteiger partial charge in [-0.25, -0.2) is 0 Å². The summed E-state index contributed by atoms with van der Waals surface area (Å²) < 4.78 is 3.09. The summed E-state index contributed by atoms with van der Waals surface area (Å²) in [7, 11) is 0. The van der Waals surface area contributed by atoms with Crippen LogP contribution in [0.1, 0.15) is 25.7 Å². The van der Waals surface area contributed by atoms with Crippen molar-refractivity contribution in [1.29, 1.82) is 0 Å². The first-order valence-electron chi connectivity index (χ1n) is 7.17. The van der Waals surface area contributed by atoms with Crippen LogP contribution in [-0.4, -0.2) is 50.7 Å². The molecule has 0 amide bonds. The zero-order chi connectivity index (χ0) is 14.9. The van der Waals surface area contributed by atoms with E-state index < -0.39 is 21.5 Å². The van der Waals surface area contributed by atoms with Gasteiger partial charge in [0.2, 0.25) is 0 Å². The Kier molecular flexibility index (Phi) is 7.52. The van der Waals surface area contributed by atoms with E-state index in [2.05, 4.69) is 10.1 Å². The van der Waals surface area contributed by atoms with Gasteiger partial charge >= 0.3 is 141 Å². The molecular formula is C14H21ClIN3O2. The molecule has 7 heteroatoms. The average molecular weight is 426 g/mol. The van der Waals surface area contributed by atoms with E-state index >= 15 is 0 Å². The van der Waals surface area contributed by atoms with E-state index in [-0.39, 0.29) is 0 Å². The molecule has 2 rings (SSSR count). The molecule has 0 bridgehead atoms. The van der Waals surface area contributed by atoms with Crippen molar-refractivity contribution in [3.05, 3.63) is 21.8 Å². The second-order valence-corrected chi connectivity index (χ2v) is 7.46. The summed E-state index contributed by atoms with van der Waals surface area (Å²) in [6.07, 6.45) is 10.1. The molecule has 0 atom stereocenters. The zero-order valence-electron chi connectivity index (χ0n) is 11.9. The van der Waals surface area contributed by atoms with Gasteiger partial charge in [-0.2, -0.15) is 0 Å². The molecule has 0 spiro atoms. The summed E-state index contributed by atoms with van der Waals surface area (Å²) in [5, 5.41) is 13.7. The van der Waals surface area contributed by atoms with Gasteiger partial charge in [0.25, 0.3) is 0 Å². The average Bonchev–Trinajstić information content (AvgIpc) is 2.72. The van der Waals surface area contributed by atoms with Crippen LogP contribution >= 0.6 is 11.6 Å². The standard InChI is InChI=1S/C14H21ClIN3O2/c15-14(13-6-4-10-19(20)16-12-13)17-21-11-5-9-18-7-2-1-3-8-18/h4,6,10,12,20H,1-3,5,7-9,11H2/b17-14-. The molecule has 0 aliphatic carbocycles. The Hall–Kier alpha value is -0.600. The molecule has 21 heavy (non-hydrogen) atoms. The molecule has 0 aromatic rings. The van der Waals surface area contributed by atoms with E-state index in [1.165, 1.54) is 35.3 Å². The van der Waals surface area contributed by atoms with E-state index in [0.717, 1.165) is 18.5 Å². The molecule has 2 aliphatic rings. The number of likely N-dealkylation sites (tertiary alicyclic amines) is 1. The topological polar surface area (TPSA) is 48.1 Å². The van der Waals surface area contributed by atoms with Gasteiger partial charge < -0.3 is 0 Å². The van der Waals surface area contributed by atoms with E-state index in [1.807, 2.05) is 10.2 Å². The fourth-order valence-electron chi connectivity index (χ4n) is 2.19. The minimum absolute atomic E-state index is 0.340. The molecule has 1 saturated heterocycles. The Morgan fingerprint density at radius 1 is 1.43 bits per heavy atom. The minimum atomic E-state index is -0.600. The molecule has 0 radical (unpaired) electrons. The van der Waals surface area contributed by atoms with E-state index in [1.54, 1.807) is 12.3 Å². The Morgan fingerprint density at radius 3 is 3.05 bits per heavy atom. The summed E-state index contributed by atoms with van der Waals surface area (Å²) in [6, 6.07) is 0. The first-order chi connectivity index (χ1) is 10.3. The third-order valence-electron chi connectivity index (χ3n) is 3.29. The predicted molar refractivity (Wildman–Crippen MR) is 79.5 cm³/mol. The summed E-state index contributed by atoms with van der Waals surface area (Å²) in [4.78, 5) is 7.76. The zero-order valence-corrected chi connectivity index (χ0v) is 14.8. The SMILES string of the molecule is O[N+]1=CC=CC(/C(Cl)=N/OCCCN2CCCCC2)=C[I-]1. The van der Waals surface area contributed by atoms with Crippen LogP contribution < -0.4 is 21.5 Å². The van der Waals surface area contributed by atoms with Gasteiger partial charge in [0.15, 0.2) is 0 Å². The molecule has 5 nitrogen and oxygen atoms in total. The van der Waals surface area contributed by atoms with Gasteiger partial charge in [-0.05, 0) is 0 Å². The maximum absolute atomic E-state index is 9.37. The van der Waals surface area contributed by atoms with Gasteiger partial charge in [0.05, 0.1) is 0 Å². The van der Waals surface area contributed by atoms with Crippen LogP contribution in [-0.2, 0) is 4.84 Å². The number of halogens is 2. The molecule has 0 saturated carbocycles. The molecule has 1 N–H and O–H groups in total. The van der Waals surface area contributed by atoms with Gasteiger partial charge in [-0.15, -0.1) is 0 Å². The molecule has 0 aromatic heterocycles. The second-order valence-electron chi connectivity index (χ2n) is 4.93. The predicted octanol–water partition coefficient (Wildman–Crippen LogP) is -0.638. The van der Waals surface area contributed by atoms with Crippen LogP contribution in [0.4, 0.5) is 0 Å². The quantitative estimate of drug-likeness (QED) is 0.154. The monoisotopic (exact) mass is 425 g/mol. The number of oxime groups is 1. The normalized spacial score (nSPS) is 21.1. The molecule has 0 aromatic carbocycles. The first-order valence-corrected chi connectivity index (χ1v) is 9.76. The van der Waals surface area contributed by atoms with Crippen molar-refractivity contribution in [3.8, 4) is 0 Å². The number of allylic oxidation sites excluding steroid dienone is 3. The molecule has 2 heterocycles. The second kappa shape index (κ2) is 9.42. The van der Waals surface area contributed by atoms with Crippen molar-refractivity contribution in [3.63, 3.8) is 0 Å². The van der Waals surface area contributed by atoms with Crippen LogP contribution in [0.2, 0.25) is 0 Å². The van der Waals surface area contributed by atoms with Gasteiger partial charge in [-0.1, -0.05) is 0 Å². The number of hydrogen-bond acceptors (Lipinski definition) is 4. The summed E-state index contributed by atoms with van der Waals surface area (Å²) >= 11 is 5.51. The summed E-state index contributed by atoms with van der Waals surface area (Å²) in [5.74, 6) is 0. The van der Waals surface area contributed by atoms with Crippen LogP contribution in [0.3, 0.4) is 0 Å². The van der Waals surface area contributed by atoms with Gasteiger partial charge in [-0.3, -0.25) is 0 Å². The summed E-state index contributed by atoms with van der Waals surface area (Å²) in [6.45, 7) is 4.06. The summed E-state index contributed by atoms with van der Waals surface area (Å²) in [5.41, 5.74) is 0.799. The van der Waals surface area contributed by atoms with Crippen molar-refractivity contribution >= 4 is 23.0 Å². The first kappa shape index (κ1) is 16.8. The molecule has 2 aliphatic heterocycles. The van der Waals surface area contributed by atoms with E-state index in [9.17, 15) is 5.21 Å². The number of rotatable bonds is 6. The van der Waals surface area contributed by atoms with Crippen molar-refractivity contribution in [1.82, 2.24) is 4.90 Å². The van der Waals surface area contributed by atoms with E-state index in [0.29, 0.717) is 11.8 Å². The Bertz CT molecular complexity index is 457. The van der Waals surface area contributed by atoms with E-state index in [4.69, 9.17) is 16.4 Å². The van der Waals surface area contributed by atoms with Crippen molar-refractivity contribution in [2.45, 2.75) is 25.7 Å². The fourth-order valence-corrected chi connectivity index (χ4v) is 4.00. The Morgan fingerprint density at radius 2 is 2.24 bits per heavy atom. The van der Waals surface area contributed by atoms with Crippen molar-refractivity contribution in [2.24, 2.45) is 5.16 Å². The number of nitrogens with zero attached hydrogens (tertiary/aromatic N) is 3. The third-order valence-corrected chi connectivity index (χ3v) is 5.42. The van der Waals surface area contributed by atoms with Crippen LogP contribution in [0, 0.1) is 0 Å². The molecule has 0 unspecified atom stereocenters. The third kappa shape index (κ3) is 6.36.